The second-order valence-electron chi connectivity index (χ2n) is 8.59. The Balaban J connectivity index is 1.74. The predicted octanol–water partition coefficient (Wildman–Crippen LogP) is 4.47. The summed E-state index contributed by atoms with van der Waals surface area (Å²) < 4.78 is 26.0. The molecular formula is C29H33N4O4+. The summed E-state index contributed by atoms with van der Waals surface area (Å²) >= 11 is 0. The average molecular weight is 502 g/mol. The van der Waals surface area contributed by atoms with Crippen LogP contribution in [0, 0.1) is 0 Å². The number of ether oxygens (including phenoxy) is 4. The molecule has 0 N–H and O–H groups in total. The smallest absolute Gasteiger partial charge is 0.314 e. The molecule has 8 nitrogen and oxygen atoms in total. The van der Waals surface area contributed by atoms with Gasteiger partial charge in [0.1, 0.15) is 18.5 Å². The molecule has 192 valence electrons. The molecule has 0 fully saturated rings. The van der Waals surface area contributed by atoms with Crippen LogP contribution in [0.15, 0.2) is 78.2 Å². The minimum absolute atomic E-state index is 0.566. The van der Waals surface area contributed by atoms with Gasteiger partial charge < -0.3 is 23.8 Å². The van der Waals surface area contributed by atoms with Crippen LogP contribution < -0.4 is 28.4 Å². The van der Waals surface area contributed by atoms with Crippen LogP contribution in [0.1, 0.15) is 11.1 Å². The molecule has 3 aromatic carbocycles. The molecule has 0 bridgehead atoms. The van der Waals surface area contributed by atoms with Crippen LogP contribution in [0.25, 0.3) is 11.4 Å². The molecule has 0 saturated carbocycles. The number of aromatic nitrogens is 2. The Kier molecular flexibility index (Phi) is 7.98. The first-order valence-electron chi connectivity index (χ1n) is 11.8. The molecule has 0 atom stereocenters. The summed E-state index contributed by atoms with van der Waals surface area (Å²) in [6.45, 7) is 0.568. The zero-order chi connectivity index (χ0) is 26.4. The fourth-order valence-corrected chi connectivity index (χ4v) is 4.09. The number of anilines is 1. The van der Waals surface area contributed by atoms with E-state index >= 15 is 0 Å². The molecule has 37 heavy (non-hydrogen) atoms. The van der Waals surface area contributed by atoms with Gasteiger partial charge in [0.15, 0.2) is 17.7 Å². The Morgan fingerprint density at radius 3 is 2.03 bits per heavy atom. The van der Waals surface area contributed by atoms with Gasteiger partial charge in [-0.2, -0.15) is 0 Å². The second-order valence-corrected chi connectivity index (χ2v) is 8.59. The summed E-state index contributed by atoms with van der Waals surface area (Å²) in [6.07, 6.45) is 5.81. The van der Waals surface area contributed by atoms with E-state index in [2.05, 4.69) is 33.7 Å². The molecule has 0 aliphatic heterocycles. The van der Waals surface area contributed by atoms with Gasteiger partial charge >= 0.3 is 5.82 Å². The third-order valence-corrected chi connectivity index (χ3v) is 6.04. The number of hydrogen-bond acceptors (Lipinski definition) is 6. The van der Waals surface area contributed by atoms with Crippen molar-refractivity contribution in [1.29, 1.82) is 0 Å². The number of rotatable bonds is 10. The normalized spacial score (nSPS) is 11.0. The largest absolute Gasteiger partial charge is 0.497 e. The third-order valence-electron chi connectivity index (χ3n) is 6.04. The first-order valence-corrected chi connectivity index (χ1v) is 11.8. The SMILES string of the molecule is COc1ccc(-c2n(N=Cc3ccc(N(C)C)cc3)cc[n+]2Cc2cc(OC)c(OC)c(OC)c2)cc1. The number of benzene rings is 3. The summed E-state index contributed by atoms with van der Waals surface area (Å²) in [4.78, 5) is 2.07. The standard InChI is InChI=1S/C29H33N4O4/c1-31(2)24-11-7-21(8-12-24)19-30-33-16-15-32(29(33)23-9-13-25(34-3)14-10-23)20-22-17-26(35-4)28(37-6)27(18-22)36-5/h7-19H,20H2,1-6H3/q+1. The van der Waals surface area contributed by atoms with Crippen LogP contribution in [0.3, 0.4) is 0 Å². The van der Waals surface area contributed by atoms with E-state index in [4.69, 9.17) is 24.0 Å². The quantitative estimate of drug-likeness (QED) is 0.237. The van der Waals surface area contributed by atoms with E-state index in [1.165, 1.54) is 0 Å². The minimum atomic E-state index is 0.566. The van der Waals surface area contributed by atoms with Gasteiger partial charge in [-0.3, -0.25) is 0 Å². The van der Waals surface area contributed by atoms with E-state index in [0.717, 1.165) is 34.0 Å². The number of hydrogen-bond donors (Lipinski definition) is 0. The van der Waals surface area contributed by atoms with Gasteiger partial charge in [0.25, 0.3) is 0 Å². The maximum Gasteiger partial charge on any atom is 0.314 e. The molecule has 1 aromatic heterocycles. The molecule has 0 unspecified atom stereocenters. The van der Waals surface area contributed by atoms with Gasteiger partial charge in [-0.05, 0) is 54.1 Å². The first-order chi connectivity index (χ1) is 18.0. The zero-order valence-electron chi connectivity index (χ0n) is 22.1. The topological polar surface area (TPSA) is 61.3 Å². The zero-order valence-corrected chi connectivity index (χ0v) is 22.1. The van der Waals surface area contributed by atoms with Crippen molar-refractivity contribution < 1.29 is 23.5 Å². The number of nitrogens with zero attached hydrogens (tertiary/aromatic N) is 4. The van der Waals surface area contributed by atoms with Crippen molar-refractivity contribution in [3.05, 3.63) is 84.2 Å². The van der Waals surface area contributed by atoms with Crippen molar-refractivity contribution in [2.24, 2.45) is 5.10 Å². The lowest BCUT2D eigenvalue weighted by Crippen LogP contribution is -2.35. The average Bonchev–Trinajstić information content (AvgIpc) is 3.33. The van der Waals surface area contributed by atoms with E-state index in [-0.39, 0.29) is 0 Å². The number of imidazole rings is 1. The van der Waals surface area contributed by atoms with Crippen LogP contribution >= 0.6 is 0 Å². The lowest BCUT2D eigenvalue weighted by Gasteiger charge is -2.13. The van der Waals surface area contributed by atoms with Crippen LogP contribution in [0.4, 0.5) is 5.69 Å². The molecule has 8 heteroatoms. The molecule has 1 heterocycles. The van der Waals surface area contributed by atoms with Crippen molar-refractivity contribution in [3.8, 4) is 34.4 Å². The van der Waals surface area contributed by atoms with Crippen molar-refractivity contribution in [2.75, 3.05) is 47.4 Å². The van der Waals surface area contributed by atoms with E-state index < -0.39 is 0 Å². The first kappa shape index (κ1) is 25.6. The lowest BCUT2D eigenvalue weighted by molar-refractivity contribution is -0.676. The minimum Gasteiger partial charge on any atom is -0.497 e. The Morgan fingerprint density at radius 2 is 1.49 bits per heavy atom. The molecule has 4 aromatic rings. The summed E-state index contributed by atoms with van der Waals surface area (Å²) in [5.74, 6) is 3.50. The number of methoxy groups -OCH3 is 4. The highest BCUT2D eigenvalue weighted by Crippen LogP contribution is 2.38. The van der Waals surface area contributed by atoms with E-state index in [1.807, 2.05) is 73.8 Å². The van der Waals surface area contributed by atoms with Gasteiger partial charge in [0, 0.05) is 25.3 Å². The van der Waals surface area contributed by atoms with Crippen molar-refractivity contribution in [3.63, 3.8) is 0 Å². The fraction of sp³-hybridized carbons (Fsp3) is 0.241. The van der Waals surface area contributed by atoms with Gasteiger partial charge in [-0.1, -0.05) is 17.2 Å². The Hall–Kier alpha value is -4.46. The third kappa shape index (κ3) is 5.69. The summed E-state index contributed by atoms with van der Waals surface area (Å²) in [5, 5.41) is 4.78. The highest BCUT2D eigenvalue weighted by atomic mass is 16.5. The van der Waals surface area contributed by atoms with Crippen LogP contribution in [-0.4, -0.2) is 53.4 Å². The molecule has 0 spiro atoms. The van der Waals surface area contributed by atoms with E-state index in [1.54, 1.807) is 28.4 Å². The molecule has 0 aliphatic rings. The molecule has 0 amide bonds. The maximum atomic E-state index is 5.55. The van der Waals surface area contributed by atoms with Crippen LogP contribution in [0.2, 0.25) is 0 Å². The van der Waals surface area contributed by atoms with Gasteiger partial charge in [0.2, 0.25) is 5.75 Å². The summed E-state index contributed by atoms with van der Waals surface area (Å²) in [7, 11) is 10.5. The highest BCUT2D eigenvalue weighted by Gasteiger charge is 2.22. The monoisotopic (exact) mass is 501 g/mol. The van der Waals surface area contributed by atoms with E-state index in [9.17, 15) is 0 Å². The summed E-state index contributed by atoms with van der Waals surface area (Å²) in [5.41, 5.74) is 4.14. The molecule has 0 aliphatic carbocycles. The Morgan fingerprint density at radius 1 is 0.838 bits per heavy atom. The molecule has 0 radical (unpaired) electrons. The van der Waals surface area contributed by atoms with Crippen LogP contribution in [-0.2, 0) is 6.54 Å². The Bertz CT molecular complexity index is 1330. The molecule has 4 rings (SSSR count). The lowest BCUT2D eigenvalue weighted by atomic mass is 10.1. The Labute approximate surface area is 217 Å². The van der Waals surface area contributed by atoms with Crippen molar-refractivity contribution in [2.45, 2.75) is 6.54 Å². The van der Waals surface area contributed by atoms with Gasteiger partial charge in [-0.15, -0.1) is 4.68 Å². The second kappa shape index (κ2) is 11.5. The van der Waals surface area contributed by atoms with Crippen molar-refractivity contribution >= 4 is 11.9 Å². The van der Waals surface area contributed by atoms with Crippen molar-refractivity contribution in [1.82, 2.24) is 4.68 Å². The summed E-state index contributed by atoms with van der Waals surface area (Å²) in [6, 6.07) is 20.1. The maximum absolute atomic E-state index is 5.55. The predicted molar refractivity (Wildman–Crippen MR) is 146 cm³/mol. The molecule has 0 saturated heterocycles. The highest BCUT2D eigenvalue weighted by molar-refractivity contribution is 5.80. The fourth-order valence-electron chi connectivity index (χ4n) is 4.09. The molecular weight excluding hydrogens is 468 g/mol. The van der Waals surface area contributed by atoms with E-state index in [0.29, 0.717) is 23.8 Å². The van der Waals surface area contributed by atoms with Gasteiger partial charge in [0.05, 0.1) is 40.2 Å². The van der Waals surface area contributed by atoms with Crippen LogP contribution in [0.5, 0.6) is 23.0 Å². The van der Waals surface area contributed by atoms with Gasteiger partial charge in [-0.25, -0.2) is 4.57 Å².